The number of halogens is 5. The van der Waals surface area contributed by atoms with Crippen molar-refractivity contribution in [3.8, 4) is 44.5 Å². The first-order chi connectivity index (χ1) is 49.6. The van der Waals surface area contributed by atoms with Crippen molar-refractivity contribution in [2.24, 2.45) is 0 Å². The van der Waals surface area contributed by atoms with Crippen LogP contribution in [0.1, 0.15) is 61.0 Å². The molecule has 0 radical (unpaired) electrons. The van der Waals surface area contributed by atoms with Crippen LogP contribution in [0.2, 0.25) is 5.02 Å². The maximum atomic E-state index is 11.6. The van der Waals surface area contributed by atoms with Crippen LogP contribution >= 0.6 is 82.0 Å². The van der Waals surface area contributed by atoms with Gasteiger partial charge < -0.3 is 23.9 Å². The predicted octanol–water partition coefficient (Wildman–Crippen LogP) is 17.4. The van der Waals surface area contributed by atoms with E-state index >= 15 is 0 Å². The first kappa shape index (κ1) is 86.4. The van der Waals surface area contributed by atoms with Crippen molar-refractivity contribution in [2.75, 3.05) is 36.6 Å². The average molecular weight is 1870 g/mol. The number of carbonyl (C=O) groups excluding carboxylic acids is 1. The van der Waals surface area contributed by atoms with E-state index in [0.717, 1.165) is 80.1 Å². The standard InChI is InChI=1S/C21H16ClNO3S.C19H23BO4S.C13H19BO4S.C13H11BrO2S.C7H7BrO2S.C6H4BrI/c1-27(25,26)17-8-6-14(7-9-17)13-2-4-15(5-3-13)18-10-16-11-21(24)23-20(16)12-19(18)22;1-18(2)19(3,4)24-20(23-18)16-10-6-14(7-11-16)15-8-12-17(13-9-15)25(5,21)22;1-12(2)13(3,4)18-14(17-12)10-6-8-11(9-7-10)19(5,15)16;1-17(15,16)13-8-4-11(5-9-13)10-2-6-12(14)7-3-10;1-11(9,10)7-4-2-6(8)3-5-7;7-5-1-3-6(8)4-2-5/h2-10,12H,11H2,1H3,(H,23,24);6-13H,1-5H3;6-9H,1-5H3;2-9H,1H3;2-5H,1H3;1-4H. The van der Waals surface area contributed by atoms with Crippen LogP contribution < -0.4 is 16.2 Å². The van der Waals surface area contributed by atoms with Crippen LogP contribution in [0.5, 0.6) is 0 Å². The van der Waals surface area contributed by atoms with E-state index in [1.807, 2.05) is 171 Å². The fourth-order valence-electron chi connectivity index (χ4n) is 10.4. The van der Waals surface area contributed by atoms with Gasteiger partial charge in [0.2, 0.25) is 5.91 Å². The number of carbonyl (C=O) groups is 1. The summed E-state index contributed by atoms with van der Waals surface area (Å²) in [5, 5.41) is 3.38. The number of hydrogen-bond donors (Lipinski definition) is 1. The van der Waals surface area contributed by atoms with Crippen LogP contribution in [0, 0.1) is 3.57 Å². The number of rotatable bonds is 11. The number of amides is 1. The first-order valence-corrected chi connectivity index (χ1v) is 46.3. The van der Waals surface area contributed by atoms with E-state index in [2.05, 4.69) is 87.8 Å². The quantitative estimate of drug-likeness (QED) is 0.0936. The lowest BCUT2D eigenvalue weighted by molar-refractivity contribution is -0.115. The summed E-state index contributed by atoms with van der Waals surface area (Å²) < 4.78 is 142. The smallest absolute Gasteiger partial charge is 0.399 e. The second kappa shape index (κ2) is 35.0. The maximum absolute atomic E-state index is 11.6. The van der Waals surface area contributed by atoms with Crippen LogP contribution in [0.15, 0.2) is 268 Å². The van der Waals surface area contributed by atoms with E-state index in [4.69, 9.17) is 30.2 Å². The van der Waals surface area contributed by atoms with Gasteiger partial charge in [-0.25, -0.2) is 42.1 Å². The Bertz CT molecular complexity index is 5350. The molecule has 1 amide bonds. The first-order valence-electron chi connectivity index (χ1n) is 33.0. The molecule has 10 aromatic carbocycles. The van der Waals surface area contributed by atoms with Crippen LogP contribution in [0.25, 0.3) is 44.5 Å². The van der Waals surface area contributed by atoms with Gasteiger partial charge in [0, 0.05) is 59.5 Å². The average Bonchev–Trinajstić information content (AvgIpc) is 1.59. The van der Waals surface area contributed by atoms with Gasteiger partial charge in [-0.05, 0) is 255 Å². The number of hydrogen-bond acceptors (Lipinski definition) is 15. The molecule has 0 atom stereocenters. The van der Waals surface area contributed by atoms with Crippen molar-refractivity contribution in [3.05, 3.63) is 258 Å². The molecule has 10 aromatic rings. The van der Waals surface area contributed by atoms with E-state index in [1.165, 1.54) is 34.8 Å². The number of anilines is 1. The number of nitrogens with one attached hydrogen (secondary N) is 1. The minimum atomic E-state index is -3.20. The van der Waals surface area contributed by atoms with Crippen molar-refractivity contribution in [3.63, 3.8) is 0 Å². The SMILES string of the molecule is Brc1ccc(I)cc1.CC1(C)OB(c2ccc(-c3ccc(S(C)(=O)=O)cc3)cc2)OC1(C)C.CC1(C)OB(c2ccc(S(C)(=O)=O)cc2)OC1(C)C.CS(=O)(=O)c1ccc(-c2ccc(-c3cc4c(cc3Cl)NC(=O)C4)cc2)cc1.CS(=O)(=O)c1ccc(-c2ccc(Br)cc2)cc1.CS(=O)(=O)c1ccc(Br)cc1. The highest BCUT2D eigenvalue weighted by atomic mass is 127. The van der Waals surface area contributed by atoms with Gasteiger partial charge >= 0.3 is 14.2 Å². The lowest BCUT2D eigenvalue weighted by Gasteiger charge is -2.32. The summed E-state index contributed by atoms with van der Waals surface area (Å²) >= 11 is 18.6. The normalized spacial score (nSPS) is 15.4. The molecule has 562 valence electrons. The van der Waals surface area contributed by atoms with Crippen LogP contribution in [-0.4, -0.2) is 116 Å². The third-order valence-corrected chi connectivity index (χ3v) is 26.3. The van der Waals surface area contributed by atoms with Crippen LogP contribution in [0.4, 0.5) is 5.69 Å². The second-order valence-corrected chi connectivity index (χ2v) is 42.0. The lowest BCUT2D eigenvalue weighted by atomic mass is 9.78. The van der Waals surface area contributed by atoms with E-state index in [0.29, 0.717) is 35.9 Å². The molecule has 3 aliphatic rings. The molecule has 2 saturated heterocycles. The number of benzene rings is 10. The minimum Gasteiger partial charge on any atom is -0.399 e. The molecule has 107 heavy (non-hydrogen) atoms. The summed E-state index contributed by atoms with van der Waals surface area (Å²) in [7, 11) is -16.5. The minimum absolute atomic E-state index is 0.0221. The molecule has 0 unspecified atom stereocenters. The molecular formula is C79H80B2Br3ClINO15S5. The molecule has 0 saturated carbocycles. The molecule has 13 rings (SSSR count). The van der Waals surface area contributed by atoms with Gasteiger partial charge in [0.25, 0.3) is 0 Å². The van der Waals surface area contributed by atoms with Gasteiger partial charge in [-0.3, -0.25) is 4.79 Å². The fourth-order valence-corrected chi connectivity index (χ4v) is 15.0. The highest BCUT2D eigenvalue weighted by molar-refractivity contribution is 14.1. The van der Waals surface area contributed by atoms with Gasteiger partial charge in [0.05, 0.1) is 58.3 Å². The molecule has 28 heteroatoms. The van der Waals surface area contributed by atoms with E-state index in [9.17, 15) is 46.9 Å². The van der Waals surface area contributed by atoms with Crippen LogP contribution in [0.3, 0.4) is 0 Å². The number of fused-ring (bicyclic) bond motifs is 1. The van der Waals surface area contributed by atoms with Gasteiger partial charge in [-0.2, -0.15) is 0 Å². The molecule has 2 fully saturated rings. The van der Waals surface area contributed by atoms with E-state index in [1.54, 1.807) is 103 Å². The molecule has 0 aromatic heterocycles. The Labute approximate surface area is 674 Å². The van der Waals surface area contributed by atoms with Gasteiger partial charge in [-0.15, -0.1) is 0 Å². The Balaban J connectivity index is 0.000000168. The van der Waals surface area contributed by atoms with Crippen molar-refractivity contribution >= 4 is 168 Å². The second-order valence-electron chi connectivity index (χ2n) is 27.5. The Morgan fingerprint density at radius 3 is 0.869 bits per heavy atom. The largest absolute Gasteiger partial charge is 0.494 e. The Morgan fingerprint density at radius 1 is 0.355 bits per heavy atom. The molecule has 3 aliphatic heterocycles. The zero-order chi connectivity index (χ0) is 79.0. The Kier molecular flexibility index (Phi) is 28.3. The molecule has 3 heterocycles. The van der Waals surface area contributed by atoms with E-state index in [-0.39, 0.29) is 24.2 Å². The summed E-state index contributed by atoms with van der Waals surface area (Å²) in [6.45, 7) is 16.1. The fraction of sp³-hybridized carbons (Fsp3) is 0.228. The summed E-state index contributed by atoms with van der Waals surface area (Å²) in [6.07, 6.45) is 6.36. The molecule has 1 N–H and O–H groups in total. The van der Waals surface area contributed by atoms with E-state index < -0.39 is 67.5 Å². The molecule has 16 nitrogen and oxygen atoms in total. The van der Waals surface area contributed by atoms with Gasteiger partial charge in [0.15, 0.2) is 49.2 Å². The Morgan fingerprint density at radius 2 is 0.579 bits per heavy atom. The predicted molar refractivity (Wildman–Crippen MR) is 451 cm³/mol. The maximum Gasteiger partial charge on any atom is 0.494 e. The third kappa shape index (κ3) is 23.9. The highest BCUT2D eigenvalue weighted by Crippen LogP contribution is 2.40. The molecular weight excluding hydrogens is 1790 g/mol. The van der Waals surface area contributed by atoms with Crippen molar-refractivity contribution in [1.82, 2.24) is 0 Å². The zero-order valence-corrected chi connectivity index (χ0v) is 72.6. The molecule has 0 bridgehead atoms. The van der Waals surface area contributed by atoms with Gasteiger partial charge in [0.1, 0.15) is 0 Å². The molecule has 0 aliphatic carbocycles. The third-order valence-electron chi connectivity index (χ3n) is 18.0. The monoisotopic (exact) mass is 1860 g/mol. The summed E-state index contributed by atoms with van der Waals surface area (Å²) in [4.78, 5) is 13.2. The summed E-state index contributed by atoms with van der Waals surface area (Å²) in [5.74, 6) is -0.0221. The summed E-state index contributed by atoms with van der Waals surface area (Å²) in [6, 6.07) is 69.4. The van der Waals surface area contributed by atoms with Crippen LogP contribution in [-0.2, 0) is 79.0 Å². The highest BCUT2D eigenvalue weighted by Gasteiger charge is 2.53. The lowest BCUT2D eigenvalue weighted by Crippen LogP contribution is -2.41. The van der Waals surface area contributed by atoms with Crippen molar-refractivity contribution in [1.29, 1.82) is 0 Å². The van der Waals surface area contributed by atoms with Gasteiger partial charge in [-0.1, -0.05) is 169 Å². The Hall–Kier alpha value is -6.15. The summed E-state index contributed by atoms with van der Waals surface area (Å²) in [5.41, 5.74) is 9.79. The molecule has 0 spiro atoms. The topological polar surface area (TPSA) is 237 Å². The zero-order valence-electron chi connectivity index (χ0n) is 60.9. The number of sulfone groups is 5. The van der Waals surface area contributed by atoms with Crippen molar-refractivity contribution in [2.45, 2.75) is 109 Å². The van der Waals surface area contributed by atoms with Crippen molar-refractivity contribution < 1.29 is 65.5 Å².